The molecule has 3 rings (SSSR count). The van der Waals surface area contributed by atoms with Gasteiger partial charge in [-0.1, -0.05) is 36.4 Å². The zero-order chi connectivity index (χ0) is 17.8. The standard InChI is InChI=1S/C20H22N4O/c1-14-8-4-5-9-17(14)13-21-20(25)22-18-10-6-7-11-19(18)24-16(3)12-15(2)23-24/h4-12H,13H2,1-3H3,(H2,21,22,25). The highest BCUT2D eigenvalue weighted by Crippen LogP contribution is 2.21. The minimum absolute atomic E-state index is 0.239. The van der Waals surface area contributed by atoms with Crippen LogP contribution >= 0.6 is 0 Å². The lowest BCUT2D eigenvalue weighted by atomic mass is 10.1. The van der Waals surface area contributed by atoms with Crippen molar-refractivity contribution in [2.45, 2.75) is 27.3 Å². The van der Waals surface area contributed by atoms with Gasteiger partial charge < -0.3 is 10.6 Å². The number of hydrogen-bond acceptors (Lipinski definition) is 2. The molecule has 0 saturated heterocycles. The fourth-order valence-corrected chi connectivity index (χ4v) is 2.79. The van der Waals surface area contributed by atoms with Gasteiger partial charge >= 0.3 is 6.03 Å². The number of amides is 2. The highest BCUT2D eigenvalue weighted by Gasteiger charge is 2.11. The molecular formula is C20H22N4O. The van der Waals surface area contributed by atoms with E-state index in [4.69, 9.17) is 0 Å². The monoisotopic (exact) mass is 334 g/mol. The summed E-state index contributed by atoms with van der Waals surface area (Å²) in [4.78, 5) is 12.3. The number of aryl methyl sites for hydroxylation is 3. The summed E-state index contributed by atoms with van der Waals surface area (Å²) in [5, 5.41) is 10.3. The maximum absolute atomic E-state index is 12.3. The Hall–Kier alpha value is -3.08. The smallest absolute Gasteiger partial charge is 0.319 e. The van der Waals surface area contributed by atoms with E-state index in [2.05, 4.69) is 15.7 Å². The minimum atomic E-state index is -0.239. The van der Waals surface area contributed by atoms with E-state index in [1.165, 1.54) is 0 Å². The Labute approximate surface area is 147 Å². The van der Waals surface area contributed by atoms with Gasteiger partial charge in [-0.05, 0) is 50.1 Å². The molecule has 1 aromatic heterocycles. The number of benzene rings is 2. The van der Waals surface area contributed by atoms with Gasteiger partial charge in [-0.15, -0.1) is 0 Å². The number of rotatable bonds is 4. The highest BCUT2D eigenvalue weighted by molar-refractivity contribution is 5.91. The molecule has 0 bridgehead atoms. The van der Waals surface area contributed by atoms with Crippen molar-refractivity contribution in [1.29, 1.82) is 0 Å². The summed E-state index contributed by atoms with van der Waals surface area (Å²) < 4.78 is 1.84. The molecule has 5 heteroatoms. The summed E-state index contributed by atoms with van der Waals surface area (Å²) in [7, 11) is 0. The molecule has 2 amide bonds. The zero-order valence-electron chi connectivity index (χ0n) is 14.7. The Kier molecular flexibility index (Phi) is 4.84. The Bertz CT molecular complexity index is 898. The van der Waals surface area contributed by atoms with Gasteiger partial charge in [0.1, 0.15) is 0 Å². The van der Waals surface area contributed by atoms with E-state index >= 15 is 0 Å². The molecule has 128 valence electrons. The first kappa shape index (κ1) is 16.8. The predicted octanol–water partition coefficient (Wildman–Crippen LogP) is 4.12. The first-order valence-electron chi connectivity index (χ1n) is 8.26. The van der Waals surface area contributed by atoms with Gasteiger partial charge in [-0.3, -0.25) is 0 Å². The number of hydrogen-bond donors (Lipinski definition) is 2. The van der Waals surface area contributed by atoms with Crippen LogP contribution in [0.2, 0.25) is 0 Å². The molecule has 3 aromatic rings. The summed E-state index contributed by atoms with van der Waals surface area (Å²) in [5.74, 6) is 0. The van der Waals surface area contributed by atoms with Crippen LogP contribution in [0.4, 0.5) is 10.5 Å². The lowest BCUT2D eigenvalue weighted by Crippen LogP contribution is -2.29. The van der Waals surface area contributed by atoms with Crippen molar-refractivity contribution in [2.75, 3.05) is 5.32 Å². The third-order valence-corrected chi connectivity index (χ3v) is 4.09. The highest BCUT2D eigenvalue weighted by atomic mass is 16.2. The van der Waals surface area contributed by atoms with Crippen LogP contribution < -0.4 is 10.6 Å². The van der Waals surface area contributed by atoms with Crippen LogP contribution in [0.3, 0.4) is 0 Å². The number of urea groups is 1. The molecule has 5 nitrogen and oxygen atoms in total. The Morgan fingerprint density at radius 3 is 2.48 bits per heavy atom. The lowest BCUT2D eigenvalue weighted by Gasteiger charge is -2.13. The van der Waals surface area contributed by atoms with Gasteiger partial charge in [0.2, 0.25) is 0 Å². The van der Waals surface area contributed by atoms with Crippen LogP contribution in [0.15, 0.2) is 54.6 Å². The van der Waals surface area contributed by atoms with E-state index in [1.807, 2.05) is 80.1 Å². The summed E-state index contributed by atoms with van der Waals surface area (Å²) in [6.45, 7) is 6.47. The fourth-order valence-electron chi connectivity index (χ4n) is 2.79. The first-order chi connectivity index (χ1) is 12.0. The van der Waals surface area contributed by atoms with E-state index in [0.29, 0.717) is 6.54 Å². The zero-order valence-corrected chi connectivity index (χ0v) is 14.7. The molecular weight excluding hydrogens is 312 g/mol. The average Bonchev–Trinajstić information content (AvgIpc) is 2.93. The summed E-state index contributed by atoms with van der Waals surface area (Å²) in [6, 6.07) is 17.4. The molecule has 25 heavy (non-hydrogen) atoms. The van der Waals surface area contributed by atoms with Crippen LogP contribution in [0.25, 0.3) is 5.69 Å². The molecule has 2 N–H and O–H groups in total. The predicted molar refractivity (Wildman–Crippen MR) is 100 cm³/mol. The van der Waals surface area contributed by atoms with Gasteiger partial charge in [0.05, 0.1) is 17.1 Å². The molecule has 0 aliphatic rings. The van der Waals surface area contributed by atoms with Crippen LogP contribution in [-0.2, 0) is 6.54 Å². The van der Waals surface area contributed by atoms with Gasteiger partial charge in [-0.2, -0.15) is 5.10 Å². The topological polar surface area (TPSA) is 59.0 Å². The van der Waals surface area contributed by atoms with E-state index in [-0.39, 0.29) is 6.03 Å². The molecule has 1 heterocycles. The maximum Gasteiger partial charge on any atom is 0.319 e. The third kappa shape index (κ3) is 3.88. The van der Waals surface area contributed by atoms with E-state index < -0.39 is 0 Å². The van der Waals surface area contributed by atoms with Gasteiger partial charge in [0.25, 0.3) is 0 Å². The van der Waals surface area contributed by atoms with Crippen LogP contribution in [0.1, 0.15) is 22.5 Å². The molecule has 0 aliphatic carbocycles. The summed E-state index contributed by atoms with van der Waals surface area (Å²) in [5.41, 5.74) is 5.79. The molecule has 0 saturated carbocycles. The number of nitrogens with zero attached hydrogens (tertiary/aromatic N) is 2. The normalized spacial score (nSPS) is 10.5. The molecule has 0 spiro atoms. The fraction of sp³-hybridized carbons (Fsp3) is 0.200. The molecule has 0 atom stereocenters. The molecule has 0 unspecified atom stereocenters. The van der Waals surface area contributed by atoms with Crippen LogP contribution in [-0.4, -0.2) is 15.8 Å². The van der Waals surface area contributed by atoms with Crippen molar-refractivity contribution in [3.05, 3.63) is 77.1 Å². The second-order valence-corrected chi connectivity index (χ2v) is 6.09. The second-order valence-electron chi connectivity index (χ2n) is 6.09. The van der Waals surface area contributed by atoms with Crippen molar-refractivity contribution < 1.29 is 4.79 Å². The summed E-state index contributed by atoms with van der Waals surface area (Å²) in [6.07, 6.45) is 0. The number of carbonyl (C=O) groups excluding carboxylic acids is 1. The molecule has 0 radical (unpaired) electrons. The second kappa shape index (κ2) is 7.21. The summed E-state index contributed by atoms with van der Waals surface area (Å²) >= 11 is 0. The average molecular weight is 334 g/mol. The van der Waals surface area contributed by atoms with Crippen molar-refractivity contribution in [3.63, 3.8) is 0 Å². The Morgan fingerprint density at radius 1 is 1.04 bits per heavy atom. The quantitative estimate of drug-likeness (QED) is 0.754. The van der Waals surface area contributed by atoms with E-state index in [0.717, 1.165) is 33.9 Å². The first-order valence-corrected chi connectivity index (χ1v) is 8.26. The number of aromatic nitrogens is 2. The van der Waals surface area contributed by atoms with Crippen molar-refractivity contribution >= 4 is 11.7 Å². The van der Waals surface area contributed by atoms with Crippen molar-refractivity contribution in [1.82, 2.24) is 15.1 Å². The SMILES string of the molecule is Cc1cc(C)n(-c2ccccc2NC(=O)NCc2ccccc2C)n1. The molecule has 0 fully saturated rings. The third-order valence-electron chi connectivity index (χ3n) is 4.09. The van der Waals surface area contributed by atoms with Gasteiger partial charge in [0.15, 0.2) is 0 Å². The molecule has 0 aliphatic heterocycles. The lowest BCUT2D eigenvalue weighted by molar-refractivity contribution is 0.251. The van der Waals surface area contributed by atoms with Gasteiger partial charge in [0, 0.05) is 12.2 Å². The molecule has 2 aromatic carbocycles. The minimum Gasteiger partial charge on any atom is -0.334 e. The Balaban J connectivity index is 1.74. The largest absolute Gasteiger partial charge is 0.334 e. The maximum atomic E-state index is 12.3. The Morgan fingerprint density at radius 2 is 1.76 bits per heavy atom. The van der Waals surface area contributed by atoms with Crippen molar-refractivity contribution in [3.8, 4) is 5.69 Å². The number of nitrogens with one attached hydrogen (secondary N) is 2. The number of anilines is 1. The number of carbonyl (C=O) groups is 1. The number of para-hydroxylation sites is 2. The van der Waals surface area contributed by atoms with Gasteiger partial charge in [-0.25, -0.2) is 9.48 Å². The van der Waals surface area contributed by atoms with E-state index in [1.54, 1.807) is 0 Å². The van der Waals surface area contributed by atoms with Crippen LogP contribution in [0, 0.1) is 20.8 Å². The van der Waals surface area contributed by atoms with E-state index in [9.17, 15) is 4.79 Å². The van der Waals surface area contributed by atoms with Crippen molar-refractivity contribution in [2.24, 2.45) is 0 Å². The van der Waals surface area contributed by atoms with Crippen LogP contribution in [0.5, 0.6) is 0 Å².